The van der Waals surface area contributed by atoms with Gasteiger partial charge in [0.05, 0.1) is 0 Å². The van der Waals surface area contributed by atoms with Crippen molar-refractivity contribution in [1.29, 1.82) is 0 Å². The van der Waals surface area contributed by atoms with Gasteiger partial charge in [-0.05, 0) is 52.2 Å². The van der Waals surface area contributed by atoms with E-state index in [4.69, 9.17) is 0 Å². The lowest BCUT2D eigenvalue weighted by Crippen LogP contribution is -2.45. The van der Waals surface area contributed by atoms with Crippen LogP contribution in [0.3, 0.4) is 0 Å². The van der Waals surface area contributed by atoms with Gasteiger partial charge in [0.1, 0.15) is 0 Å². The van der Waals surface area contributed by atoms with Crippen LogP contribution in [0.15, 0.2) is 0 Å². The third-order valence-electron chi connectivity index (χ3n) is 4.14. The Morgan fingerprint density at radius 1 is 1.06 bits per heavy atom. The van der Waals surface area contributed by atoms with Gasteiger partial charge in [0.2, 0.25) is 0 Å². The smallest absolute Gasteiger partial charge is 0.00938 e. The lowest BCUT2D eigenvalue weighted by molar-refractivity contribution is 0.191. The van der Waals surface area contributed by atoms with E-state index < -0.39 is 0 Å². The molecule has 1 heterocycles. The first-order chi connectivity index (χ1) is 8.76. The van der Waals surface area contributed by atoms with Gasteiger partial charge in [-0.2, -0.15) is 0 Å². The van der Waals surface area contributed by atoms with E-state index in [1.165, 1.54) is 71.0 Å². The third-order valence-corrected chi connectivity index (χ3v) is 4.14. The minimum Gasteiger partial charge on any atom is -0.311 e. The lowest BCUT2D eigenvalue weighted by Gasteiger charge is -2.33. The Morgan fingerprint density at radius 2 is 1.78 bits per heavy atom. The largest absolute Gasteiger partial charge is 0.311 e. The molecule has 1 rings (SSSR count). The summed E-state index contributed by atoms with van der Waals surface area (Å²) in [6, 6.07) is 1.49. The van der Waals surface area contributed by atoms with Gasteiger partial charge >= 0.3 is 0 Å². The number of rotatable bonds is 9. The minimum absolute atomic E-state index is 0.713. The highest BCUT2D eigenvalue weighted by molar-refractivity contribution is 4.79. The van der Waals surface area contributed by atoms with Crippen molar-refractivity contribution >= 4 is 0 Å². The van der Waals surface area contributed by atoms with Gasteiger partial charge in [-0.25, -0.2) is 0 Å². The van der Waals surface area contributed by atoms with Crippen LogP contribution in [0.2, 0.25) is 0 Å². The van der Waals surface area contributed by atoms with Crippen molar-refractivity contribution in [2.75, 3.05) is 19.6 Å². The maximum absolute atomic E-state index is 3.83. The first kappa shape index (κ1) is 16.0. The summed E-state index contributed by atoms with van der Waals surface area (Å²) in [5, 5.41) is 3.83. The van der Waals surface area contributed by atoms with Gasteiger partial charge in [0.15, 0.2) is 0 Å². The Labute approximate surface area is 115 Å². The van der Waals surface area contributed by atoms with Crippen LogP contribution in [0.25, 0.3) is 0 Å². The molecule has 1 atom stereocenters. The molecule has 0 amide bonds. The van der Waals surface area contributed by atoms with Crippen LogP contribution >= 0.6 is 0 Å². The quantitative estimate of drug-likeness (QED) is 0.629. The zero-order chi connectivity index (χ0) is 13.2. The van der Waals surface area contributed by atoms with E-state index in [9.17, 15) is 0 Å². The summed E-state index contributed by atoms with van der Waals surface area (Å²) in [7, 11) is 0. The Morgan fingerprint density at radius 3 is 2.39 bits per heavy atom. The molecule has 1 saturated heterocycles. The molecular weight excluding hydrogens is 220 g/mol. The highest BCUT2D eigenvalue weighted by atomic mass is 15.1. The number of piperidine rings is 1. The summed E-state index contributed by atoms with van der Waals surface area (Å²) in [6.45, 7) is 10.8. The Balaban J connectivity index is 2.05. The fourth-order valence-corrected chi connectivity index (χ4v) is 3.00. The third kappa shape index (κ3) is 6.75. The van der Waals surface area contributed by atoms with Gasteiger partial charge < -0.3 is 10.2 Å². The van der Waals surface area contributed by atoms with E-state index in [2.05, 4.69) is 31.0 Å². The summed E-state index contributed by atoms with van der Waals surface area (Å²) in [6.07, 6.45) is 10.9. The van der Waals surface area contributed by atoms with E-state index in [1.807, 2.05) is 0 Å². The van der Waals surface area contributed by atoms with Crippen molar-refractivity contribution in [3.05, 3.63) is 0 Å². The monoisotopic (exact) mass is 254 g/mol. The molecule has 0 aromatic rings. The molecule has 2 nitrogen and oxygen atoms in total. The number of hydrogen-bond donors (Lipinski definition) is 1. The number of hydrogen-bond acceptors (Lipinski definition) is 2. The van der Waals surface area contributed by atoms with Crippen molar-refractivity contribution in [3.63, 3.8) is 0 Å². The van der Waals surface area contributed by atoms with E-state index in [0.29, 0.717) is 6.04 Å². The molecule has 0 spiro atoms. The van der Waals surface area contributed by atoms with Crippen LogP contribution in [-0.4, -0.2) is 36.6 Å². The fourth-order valence-electron chi connectivity index (χ4n) is 3.00. The molecular formula is C16H34N2. The summed E-state index contributed by atoms with van der Waals surface area (Å²) >= 11 is 0. The van der Waals surface area contributed by atoms with Gasteiger partial charge in [0.25, 0.3) is 0 Å². The first-order valence-corrected chi connectivity index (χ1v) is 8.24. The predicted octanol–water partition coefficient (Wildman–Crippen LogP) is 3.81. The van der Waals surface area contributed by atoms with Crippen molar-refractivity contribution in [1.82, 2.24) is 10.2 Å². The zero-order valence-corrected chi connectivity index (χ0v) is 12.9. The van der Waals surface area contributed by atoms with E-state index in [0.717, 1.165) is 6.04 Å². The topological polar surface area (TPSA) is 15.3 Å². The maximum atomic E-state index is 3.83. The average Bonchev–Trinajstić information content (AvgIpc) is 2.37. The maximum Gasteiger partial charge on any atom is 0.00938 e. The second-order valence-electron chi connectivity index (χ2n) is 6.03. The summed E-state index contributed by atoms with van der Waals surface area (Å²) < 4.78 is 0. The Bertz CT molecular complexity index is 186. The number of nitrogens with one attached hydrogen (secondary N) is 1. The molecule has 0 aromatic heterocycles. The van der Waals surface area contributed by atoms with E-state index >= 15 is 0 Å². The highest BCUT2D eigenvalue weighted by Gasteiger charge is 2.19. The minimum atomic E-state index is 0.713. The van der Waals surface area contributed by atoms with Gasteiger partial charge in [-0.15, -0.1) is 0 Å². The van der Waals surface area contributed by atoms with Crippen molar-refractivity contribution in [2.45, 2.75) is 84.2 Å². The SMILES string of the molecule is CCCCCCC(C)NC1CCN(CCC)CC1. The molecule has 0 saturated carbocycles. The van der Waals surface area contributed by atoms with Gasteiger partial charge in [-0.1, -0.05) is 39.5 Å². The molecule has 108 valence electrons. The first-order valence-electron chi connectivity index (χ1n) is 8.24. The Hall–Kier alpha value is -0.0800. The van der Waals surface area contributed by atoms with E-state index in [1.54, 1.807) is 0 Å². The molecule has 1 N–H and O–H groups in total. The van der Waals surface area contributed by atoms with Crippen LogP contribution < -0.4 is 5.32 Å². The number of nitrogens with zero attached hydrogens (tertiary/aromatic N) is 1. The second kappa shape index (κ2) is 9.80. The molecule has 0 aromatic carbocycles. The summed E-state index contributed by atoms with van der Waals surface area (Å²) in [5.41, 5.74) is 0. The summed E-state index contributed by atoms with van der Waals surface area (Å²) in [4.78, 5) is 2.62. The molecule has 18 heavy (non-hydrogen) atoms. The fraction of sp³-hybridized carbons (Fsp3) is 1.00. The van der Waals surface area contributed by atoms with Crippen molar-refractivity contribution in [3.8, 4) is 0 Å². The van der Waals surface area contributed by atoms with Crippen LogP contribution in [0.4, 0.5) is 0 Å². The molecule has 1 unspecified atom stereocenters. The predicted molar refractivity (Wildman–Crippen MR) is 81.1 cm³/mol. The molecule has 1 aliphatic heterocycles. The zero-order valence-electron chi connectivity index (χ0n) is 12.9. The van der Waals surface area contributed by atoms with Crippen LogP contribution in [0, 0.1) is 0 Å². The number of unbranched alkanes of at least 4 members (excludes halogenated alkanes) is 3. The van der Waals surface area contributed by atoms with Gasteiger partial charge in [-0.3, -0.25) is 0 Å². The van der Waals surface area contributed by atoms with Crippen LogP contribution in [0.1, 0.15) is 72.1 Å². The molecule has 1 aliphatic rings. The summed E-state index contributed by atoms with van der Waals surface area (Å²) in [5.74, 6) is 0. The van der Waals surface area contributed by atoms with Crippen molar-refractivity contribution in [2.24, 2.45) is 0 Å². The molecule has 0 aliphatic carbocycles. The standard InChI is InChI=1S/C16H34N2/c1-4-6-7-8-9-15(3)17-16-10-13-18(12-5-2)14-11-16/h15-17H,4-14H2,1-3H3. The molecule has 0 bridgehead atoms. The second-order valence-corrected chi connectivity index (χ2v) is 6.03. The van der Waals surface area contributed by atoms with Crippen LogP contribution in [0.5, 0.6) is 0 Å². The Kier molecular flexibility index (Phi) is 8.70. The molecule has 2 heteroatoms. The van der Waals surface area contributed by atoms with E-state index in [-0.39, 0.29) is 0 Å². The number of likely N-dealkylation sites (tertiary alicyclic amines) is 1. The van der Waals surface area contributed by atoms with Gasteiger partial charge in [0, 0.05) is 12.1 Å². The molecule has 0 radical (unpaired) electrons. The van der Waals surface area contributed by atoms with Crippen LogP contribution in [-0.2, 0) is 0 Å². The lowest BCUT2D eigenvalue weighted by atomic mass is 10.0. The normalized spacial score (nSPS) is 20.2. The average molecular weight is 254 g/mol. The van der Waals surface area contributed by atoms with Crippen molar-refractivity contribution < 1.29 is 0 Å². The molecule has 1 fully saturated rings. The highest BCUT2D eigenvalue weighted by Crippen LogP contribution is 2.13.